The molecule has 20 heavy (non-hydrogen) atoms. The lowest BCUT2D eigenvalue weighted by molar-refractivity contribution is 0.132. The maximum absolute atomic E-state index is 11.6. The van der Waals surface area contributed by atoms with E-state index in [9.17, 15) is 8.42 Å². The molecule has 0 unspecified atom stereocenters. The van der Waals surface area contributed by atoms with Gasteiger partial charge < -0.3 is 4.74 Å². The van der Waals surface area contributed by atoms with Gasteiger partial charge in [0.1, 0.15) is 0 Å². The van der Waals surface area contributed by atoms with E-state index in [0.717, 1.165) is 25.2 Å². The molecule has 1 aromatic rings. The summed E-state index contributed by atoms with van der Waals surface area (Å²) >= 11 is 0. The van der Waals surface area contributed by atoms with Crippen molar-refractivity contribution in [1.29, 1.82) is 0 Å². The lowest BCUT2D eigenvalue weighted by Crippen LogP contribution is -2.40. The fourth-order valence-electron chi connectivity index (χ4n) is 2.52. The second-order valence-electron chi connectivity index (χ2n) is 5.17. The summed E-state index contributed by atoms with van der Waals surface area (Å²) in [5.74, 6) is 0.445. The molecule has 2 rings (SSSR count). The van der Waals surface area contributed by atoms with Gasteiger partial charge in [-0.2, -0.15) is 5.10 Å². The van der Waals surface area contributed by atoms with Crippen molar-refractivity contribution >= 4 is 9.84 Å². The highest BCUT2D eigenvalue weighted by Crippen LogP contribution is 2.22. The van der Waals surface area contributed by atoms with Crippen LogP contribution in [0.25, 0.3) is 0 Å². The predicted molar refractivity (Wildman–Crippen MR) is 77.4 cm³/mol. The second kappa shape index (κ2) is 6.69. The topological polar surface area (TPSA) is 64.4 Å². The highest BCUT2D eigenvalue weighted by molar-refractivity contribution is 7.91. The zero-order valence-electron chi connectivity index (χ0n) is 12.2. The molecule has 6 nitrogen and oxygen atoms in total. The Morgan fingerprint density at radius 3 is 3.00 bits per heavy atom. The summed E-state index contributed by atoms with van der Waals surface area (Å²) in [6.07, 6.45) is 2.70. The van der Waals surface area contributed by atoms with Gasteiger partial charge in [-0.1, -0.05) is 6.92 Å². The van der Waals surface area contributed by atoms with Crippen molar-refractivity contribution in [3.63, 3.8) is 0 Å². The van der Waals surface area contributed by atoms with Crippen molar-refractivity contribution in [2.24, 2.45) is 0 Å². The summed E-state index contributed by atoms with van der Waals surface area (Å²) in [6, 6.07) is 2.26. The first-order valence-corrected chi connectivity index (χ1v) is 8.82. The molecule has 0 aromatic carbocycles. The normalized spacial score (nSPS) is 20.0. The van der Waals surface area contributed by atoms with Gasteiger partial charge in [-0.25, -0.2) is 8.42 Å². The smallest absolute Gasteiger partial charge is 0.151 e. The number of hydrogen-bond acceptors (Lipinski definition) is 5. The first kappa shape index (κ1) is 15.5. The summed E-state index contributed by atoms with van der Waals surface area (Å²) in [4.78, 5) is 2.20. The lowest BCUT2D eigenvalue weighted by Gasteiger charge is -2.33. The van der Waals surface area contributed by atoms with Crippen molar-refractivity contribution in [3.8, 4) is 0 Å². The fraction of sp³-hybridized carbons (Fsp3) is 0.769. The van der Waals surface area contributed by atoms with Gasteiger partial charge in [0.25, 0.3) is 0 Å². The van der Waals surface area contributed by atoms with E-state index in [0.29, 0.717) is 13.2 Å². The number of aromatic nitrogens is 2. The van der Waals surface area contributed by atoms with Crippen molar-refractivity contribution in [2.75, 3.05) is 38.3 Å². The Bertz CT molecular complexity index is 527. The number of sulfone groups is 1. The molecule has 1 aliphatic rings. The standard InChI is InChI=1S/C13H23N3O3S/c1-3-20(17,18)9-7-15-10-12-4-6-14-16(12)13(11-15)5-8-19-2/h4,6,13H,3,5,7-11H2,1-2H3/t13-/m0/s1. The Hall–Kier alpha value is -0.920. The van der Waals surface area contributed by atoms with Gasteiger partial charge in [-0.3, -0.25) is 9.58 Å². The Balaban J connectivity index is 2.00. The molecule has 0 bridgehead atoms. The van der Waals surface area contributed by atoms with Crippen LogP contribution in [0.1, 0.15) is 25.1 Å². The molecule has 2 heterocycles. The molecule has 0 N–H and O–H groups in total. The first-order valence-electron chi connectivity index (χ1n) is 7.00. The SMILES string of the molecule is CCS(=O)(=O)CCN1Cc2ccnn2[C@@H](CCOC)C1. The van der Waals surface area contributed by atoms with Gasteiger partial charge in [-0.15, -0.1) is 0 Å². The zero-order valence-corrected chi connectivity index (χ0v) is 13.0. The molecular formula is C13H23N3O3S. The Morgan fingerprint density at radius 2 is 2.30 bits per heavy atom. The highest BCUT2D eigenvalue weighted by atomic mass is 32.2. The van der Waals surface area contributed by atoms with Crippen LogP contribution in [0, 0.1) is 0 Å². The average Bonchev–Trinajstić information content (AvgIpc) is 2.91. The Labute approximate surface area is 120 Å². The maximum atomic E-state index is 11.6. The molecule has 0 saturated heterocycles. The number of methoxy groups -OCH3 is 1. The predicted octanol–water partition coefficient (Wildman–Crippen LogP) is 0.711. The van der Waals surface area contributed by atoms with Gasteiger partial charge in [0.2, 0.25) is 0 Å². The van der Waals surface area contributed by atoms with Gasteiger partial charge in [-0.05, 0) is 12.5 Å². The lowest BCUT2D eigenvalue weighted by atomic mass is 10.1. The van der Waals surface area contributed by atoms with E-state index in [4.69, 9.17) is 4.74 Å². The summed E-state index contributed by atoms with van der Waals surface area (Å²) in [5, 5.41) is 4.37. The minimum absolute atomic E-state index is 0.214. The number of hydrogen-bond donors (Lipinski definition) is 0. The number of nitrogens with zero attached hydrogens (tertiary/aromatic N) is 3. The first-order chi connectivity index (χ1) is 9.55. The van der Waals surface area contributed by atoms with Crippen molar-refractivity contribution in [1.82, 2.24) is 14.7 Å². The molecule has 0 radical (unpaired) electrons. The maximum Gasteiger partial charge on any atom is 0.151 e. The molecular weight excluding hydrogens is 278 g/mol. The average molecular weight is 301 g/mol. The minimum atomic E-state index is -2.91. The van der Waals surface area contributed by atoms with Crippen LogP contribution in [-0.4, -0.2) is 61.4 Å². The Kier molecular flexibility index (Phi) is 5.17. The van der Waals surface area contributed by atoms with Gasteiger partial charge in [0.15, 0.2) is 9.84 Å². The fourth-order valence-corrected chi connectivity index (χ4v) is 3.34. The molecule has 0 amide bonds. The van der Waals surface area contributed by atoms with Gasteiger partial charge in [0, 0.05) is 45.3 Å². The van der Waals surface area contributed by atoms with Crippen LogP contribution in [-0.2, 0) is 21.1 Å². The summed E-state index contributed by atoms with van der Waals surface area (Å²) in [6.45, 7) is 4.57. The van der Waals surface area contributed by atoms with E-state index in [2.05, 4.69) is 10.00 Å². The van der Waals surface area contributed by atoms with Crippen molar-refractivity contribution in [3.05, 3.63) is 18.0 Å². The summed E-state index contributed by atoms with van der Waals surface area (Å²) in [7, 11) is -1.21. The van der Waals surface area contributed by atoms with E-state index in [-0.39, 0.29) is 17.5 Å². The molecule has 1 aromatic heterocycles. The third-order valence-electron chi connectivity index (χ3n) is 3.77. The van der Waals surface area contributed by atoms with Crippen molar-refractivity contribution in [2.45, 2.75) is 25.9 Å². The molecule has 114 valence electrons. The summed E-state index contributed by atoms with van der Waals surface area (Å²) < 4.78 is 30.4. The highest BCUT2D eigenvalue weighted by Gasteiger charge is 2.25. The van der Waals surface area contributed by atoms with Gasteiger partial charge >= 0.3 is 0 Å². The number of fused-ring (bicyclic) bond motifs is 1. The monoisotopic (exact) mass is 301 g/mol. The van der Waals surface area contributed by atoms with Crippen LogP contribution in [0.2, 0.25) is 0 Å². The van der Waals surface area contributed by atoms with E-state index < -0.39 is 9.84 Å². The summed E-state index contributed by atoms with van der Waals surface area (Å²) in [5.41, 5.74) is 1.14. The van der Waals surface area contributed by atoms with Crippen molar-refractivity contribution < 1.29 is 13.2 Å². The molecule has 0 aliphatic carbocycles. The van der Waals surface area contributed by atoms with E-state index in [1.807, 2.05) is 10.7 Å². The van der Waals surface area contributed by atoms with E-state index in [1.54, 1.807) is 20.2 Å². The van der Waals surface area contributed by atoms with Crippen LogP contribution < -0.4 is 0 Å². The van der Waals surface area contributed by atoms with Crippen LogP contribution in [0.4, 0.5) is 0 Å². The van der Waals surface area contributed by atoms with Crippen LogP contribution in [0.5, 0.6) is 0 Å². The third-order valence-corrected chi connectivity index (χ3v) is 5.45. The third kappa shape index (κ3) is 3.80. The molecule has 0 fully saturated rings. The molecule has 7 heteroatoms. The second-order valence-corrected chi connectivity index (χ2v) is 7.65. The molecule has 1 aliphatic heterocycles. The van der Waals surface area contributed by atoms with Crippen LogP contribution in [0.3, 0.4) is 0 Å². The minimum Gasteiger partial charge on any atom is -0.385 e. The zero-order chi connectivity index (χ0) is 14.6. The van der Waals surface area contributed by atoms with Crippen LogP contribution >= 0.6 is 0 Å². The largest absolute Gasteiger partial charge is 0.385 e. The number of rotatable bonds is 7. The molecule has 1 atom stereocenters. The van der Waals surface area contributed by atoms with Gasteiger partial charge in [0.05, 0.1) is 17.5 Å². The van der Waals surface area contributed by atoms with E-state index >= 15 is 0 Å². The number of ether oxygens (including phenoxy) is 1. The van der Waals surface area contributed by atoms with Crippen LogP contribution in [0.15, 0.2) is 12.3 Å². The Morgan fingerprint density at radius 1 is 1.50 bits per heavy atom. The molecule has 0 spiro atoms. The molecule has 0 saturated carbocycles. The van der Waals surface area contributed by atoms with E-state index in [1.165, 1.54) is 0 Å². The quantitative estimate of drug-likeness (QED) is 0.742.